The van der Waals surface area contributed by atoms with Crippen molar-refractivity contribution in [2.45, 2.75) is 58.6 Å². The molecule has 25 heavy (non-hydrogen) atoms. The Bertz CT molecular complexity index is 523. The van der Waals surface area contributed by atoms with Crippen LogP contribution in [0.1, 0.15) is 51.2 Å². The van der Waals surface area contributed by atoms with Crippen molar-refractivity contribution in [1.82, 2.24) is 25.4 Å². The quantitative estimate of drug-likeness (QED) is 0.313. The van der Waals surface area contributed by atoms with E-state index in [2.05, 4.69) is 39.7 Å². The molecule has 0 amide bonds. The molecule has 0 unspecified atom stereocenters. The van der Waals surface area contributed by atoms with Gasteiger partial charge in [-0.05, 0) is 19.8 Å². The number of ether oxygens (including phenoxy) is 1. The zero-order chi connectivity index (χ0) is 18.7. The molecule has 0 aliphatic heterocycles. The van der Waals surface area contributed by atoms with Gasteiger partial charge >= 0.3 is 0 Å². The van der Waals surface area contributed by atoms with Crippen molar-refractivity contribution in [3.8, 4) is 0 Å². The first-order chi connectivity index (χ1) is 12.0. The maximum atomic E-state index is 10.8. The molecule has 1 aromatic rings. The molecule has 8 nitrogen and oxygen atoms in total. The number of aryl methyl sites for hydroxylation is 1. The molecule has 0 atom stereocenters. The molecule has 0 aromatic carbocycles. The van der Waals surface area contributed by atoms with Crippen LogP contribution in [0, 0.1) is 6.92 Å². The van der Waals surface area contributed by atoms with E-state index in [0.29, 0.717) is 32.2 Å². The number of aliphatic hydroxyl groups is 1. The second kappa shape index (κ2) is 11.0. The molecule has 0 aliphatic rings. The molecule has 0 saturated heterocycles. The topological polar surface area (TPSA) is 96.6 Å². The summed E-state index contributed by atoms with van der Waals surface area (Å²) in [7, 11) is 3.59. The van der Waals surface area contributed by atoms with E-state index in [0.717, 1.165) is 37.3 Å². The van der Waals surface area contributed by atoms with Gasteiger partial charge in [-0.1, -0.05) is 26.7 Å². The Morgan fingerprint density at radius 3 is 2.44 bits per heavy atom. The number of hydrogen-bond donors (Lipinski definition) is 3. The minimum Gasteiger partial charge on any atom is -0.388 e. The van der Waals surface area contributed by atoms with Crippen molar-refractivity contribution < 1.29 is 9.84 Å². The van der Waals surface area contributed by atoms with E-state index in [1.54, 1.807) is 7.11 Å². The molecule has 144 valence electrons. The lowest BCUT2D eigenvalue weighted by molar-refractivity contribution is 0.0257. The number of methoxy groups -OCH3 is 1. The summed E-state index contributed by atoms with van der Waals surface area (Å²) in [5, 5.41) is 25.4. The van der Waals surface area contributed by atoms with Gasteiger partial charge in [-0.2, -0.15) is 0 Å². The first kappa shape index (κ1) is 21.4. The van der Waals surface area contributed by atoms with E-state index < -0.39 is 5.60 Å². The second-order valence-corrected chi connectivity index (χ2v) is 6.38. The van der Waals surface area contributed by atoms with Crippen LogP contribution in [0.4, 0.5) is 0 Å². The van der Waals surface area contributed by atoms with Crippen LogP contribution in [0.3, 0.4) is 0 Å². The summed E-state index contributed by atoms with van der Waals surface area (Å²) >= 11 is 0. The minimum absolute atomic E-state index is 0.416. The van der Waals surface area contributed by atoms with Gasteiger partial charge in [0.25, 0.3) is 0 Å². The highest BCUT2D eigenvalue weighted by atomic mass is 16.5. The van der Waals surface area contributed by atoms with E-state index in [1.807, 2.05) is 18.5 Å². The number of aromatic nitrogens is 3. The van der Waals surface area contributed by atoms with Crippen LogP contribution in [0.15, 0.2) is 4.99 Å². The highest BCUT2D eigenvalue weighted by molar-refractivity contribution is 5.79. The molecule has 0 radical (unpaired) electrons. The molecule has 0 bridgehead atoms. The van der Waals surface area contributed by atoms with Crippen LogP contribution in [-0.2, 0) is 18.3 Å². The molecule has 0 spiro atoms. The average molecular weight is 354 g/mol. The van der Waals surface area contributed by atoms with Gasteiger partial charge in [0, 0.05) is 27.2 Å². The predicted octanol–water partition coefficient (Wildman–Crippen LogP) is 1.14. The van der Waals surface area contributed by atoms with Gasteiger partial charge in [-0.3, -0.25) is 0 Å². The van der Waals surface area contributed by atoms with E-state index in [1.165, 1.54) is 0 Å². The minimum atomic E-state index is -0.714. The fourth-order valence-corrected chi connectivity index (χ4v) is 2.67. The Hall–Kier alpha value is -1.67. The van der Waals surface area contributed by atoms with Crippen LogP contribution in [0.5, 0.6) is 0 Å². The van der Waals surface area contributed by atoms with Gasteiger partial charge in [0.2, 0.25) is 0 Å². The van der Waals surface area contributed by atoms with Crippen molar-refractivity contribution in [2.24, 2.45) is 12.0 Å². The summed E-state index contributed by atoms with van der Waals surface area (Å²) in [6.45, 7) is 8.18. The Labute approximate surface area is 151 Å². The van der Waals surface area contributed by atoms with Crippen LogP contribution in [0.2, 0.25) is 0 Å². The summed E-state index contributed by atoms with van der Waals surface area (Å²) in [5.74, 6) is 2.29. The van der Waals surface area contributed by atoms with Crippen molar-refractivity contribution in [3.63, 3.8) is 0 Å². The highest BCUT2D eigenvalue weighted by Gasteiger charge is 2.25. The molecule has 3 N–H and O–H groups in total. The Morgan fingerprint density at radius 2 is 1.92 bits per heavy atom. The smallest absolute Gasteiger partial charge is 0.191 e. The molecule has 0 saturated carbocycles. The van der Waals surface area contributed by atoms with Crippen molar-refractivity contribution >= 4 is 5.96 Å². The highest BCUT2D eigenvalue weighted by Crippen LogP contribution is 2.18. The maximum absolute atomic E-state index is 10.8. The third-order valence-corrected chi connectivity index (χ3v) is 4.18. The Balaban J connectivity index is 2.74. The number of nitrogens with zero attached hydrogens (tertiary/aromatic N) is 4. The Kier molecular flexibility index (Phi) is 9.44. The fraction of sp³-hybridized carbons (Fsp3) is 0.824. The molecule has 1 rings (SSSR count). The van der Waals surface area contributed by atoms with Gasteiger partial charge in [0.15, 0.2) is 11.8 Å². The first-order valence-corrected chi connectivity index (χ1v) is 9.04. The van der Waals surface area contributed by atoms with Crippen LogP contribution in [-0.4, -0.2) is 58.2 Å². The average Bonchev–Trinajstić information content (AvgIpc) is 2.89. The number of guanidine groups is 1. The number of aliphatic imine (C=N–C) groups is 1. The Morgan fingerprint density at radius 1 is 1.24 bits per heavy atom. The van der Waals surface area contributed by atoms with Gasteiger partial charge in [-0.15, -0.1) is 10.2 Å². The zero-order valence-electron chi connectivity index (χ0n) is 16.3. The molecule has 0 fully saturated rings. The van der Waals surface area contributed by atoms with E-state index in [9.17, 15) is 5.11 Å². The van der Waals surface area contributed by atoms with Gasteiger partial charge in [-0.25, -0.2) is 4.99 Å². The lowest BCUT2D eigenvalue weighted by Crippen LogP contribution is -2.47. The summed E-state index contributed by atoms with van der Waals surface area (Å²) in [5.41, 5.74) is -0.714. The summed E-state index contributed by atoms with van der Waals surface area (Å²) in [4.78, 5) is 4.57. The zero-order valence-corrected chi connectivity index (χ0v) is 16.3. The lowest BCUT2D eigenvalue weighted by atomic mass is 9.93. The molecular weight excluding hydrogens is 320 g/mol. The summed E-state index contributed by atoms with van der Waals surface area (Å²) in [6.07, 6.45) is 3.42. The first-order valence-electron chi connectivity index (χ1n) is 9.04. The predicted molar refractivity (Wildman–Crippen MR) is 99.5 cm³/mol. The van der Waals surface area contributed by atoms with Crippen molar-refractivity contribution in [3.05, 3.63) is 11.6 Å². The standard InChI is InChI=1S/C17H34N6O2/c1-6-8-17(24,9-7-2)13-20-16(18-10-11-25-5)19-12-15-22-21-14(3)23(15)4/h24H,6-13H2,1-5H3,(H2,18,19,20). The molecule has 1 aromatic heterocycles. The van der Waals surface area contributed by atoms with Crippen molar-refractivity contribution in [1.29, 1.82) is 0 Å². The lowest BCUT2D eigenvalue weighted by Gasteiger charge is -2.28. The fourth-order valence-electron chi connectivity index (χ4n) is 2.67. The summed E-state index contributed by atoms with van der Waals surface area (Å²) < 4.78 is 7.00. The third kappa shape index (κ3) is 7.39. The molecular formula is C17H34N6O2. The molecule has 8 heteroatoms. The maximum Gasteiger partial charge on any atom is 0.191 e. The van der Waals surface area contributed by atoms with Gasteiger partial charge in [0.1, 0.15) is 12.4 Å². The van der Waals surface area contributed by atoms with E-state index in [-0.39, 0.29) is 0 Å². The second-order valence-electron chi connectivity index (χ2n) is 6.38. The third-order valence-electron chi connectivity index (χ3n) is 4.18. The van der Waals surface area contributed by atoms with E-state index >= 15 is 0 Å². The molecule has 0 aliphatic carbocycles. The van der Waals surface area contributed by atoms with Crippen LogP contribution >= 0.6 is 0 Å². The van der Waals surface area contributed by atoms with Crippen LogP contribution < -0.4 is 10.6 Å². The van der Waals surface area contributed by atoms with Crippen LogP contribution in [0.25, 0.3) is 0 Å². The monoisotopic (exact) mass is 354 g/mol. The number of nitrogens with one attached hydrogen (secondary N) is 2. The largest absolute Gasteiger partial charge is 0.388 e. The van der Waals surface area contributed by atoms with Gasteiger partial charge < -0.3 is 25.0 Å². The SMILES string of the molecule is CCCC(O)(CCC)CNC(=NCc1nnc(C)n1C)NCCOC. The summed E-state index contributed by atoms with van der Waals surface area (Å²) in [6, 6.07) is 0. The van der Waals surface area contributed by atoms with Gasteiger partial charge in [0.05, 0.1) is 12.2 Å². The van der Waals surface area contributed by atoms with E-state index in [4.69, 9.17) is 4.74 Å². The van der Waals surface area contributed by atoms with Crippen molar-refractivity contribution in [2.75, 3.05) is 26.8 Å². The normalized spacial score (nSPS) is 12.5. The molecule has 1 heterocycles. The number of hydrogen-bond acceptors (Lipinski definition) is 5. The number of rotatable bonds is 11.